The van der Waals surface area contributed by atoms with Crippen molar-refractivity contribution in [3.05, 3.63) is 70.6 Å². The Balaban J connectivity index is 1.39. The molecule has 0 aromatic heterocycles. The summed E-state index contributed by atoms with van der Waals surface area (Å²) in [5, 5.41) is 9.51. The Hall–Kier alpha value is -3.08. The molecule has 2 aromatic carbocycles. The van der Waals surface area contributed by atoms with Crippen LogP contribution in [0.1, 0.15) is 17.5 Å². The lowest BCUT2D eigenvalue weighted by molar-refractivity contribution is -0.113. The molecule has 1 fully saturated rings. The first-order chi connectivity index (χ1) is 15.2. The molecule has 2 aliphatic heterocycles. The third kappa shape index (κ3) is 5.54. The Morgan fingerprint density at radius 3 is 2.58 bits per heavy atom. The number of rotatable bonds is 6. The summed E-state index contributed by atoms with van der Waals surface area (Å²) in [7, 11) is 0. The lowest BCUT2D eigenvalue weighted by atomic mass is 10.2. The highest BCUT2D eigenvalue weighted by Crippen LogP contribution is 2.32. The molecule has 2 aromatic rings. The molecule has 0 atom stereocenters. The molecule has 0 spiro atoms. The summed E-state index contributed by atoms with van der Waals surface area (Å²) in [6.07, 6.45) is 2.42. The largest absolute Gasteiger partial charge is 0.488 e. The maximum atomic E-state index is 12.5. The van der Waals surface area contributed by atoms with Crippen LogP contribution in [0, 0.1) is 11.3 Å². The highest BCUT2D eigenvalue weighted by Gasteiger charge is 2.28. The van der Waals surface area contributed by atoms with Gasteiger partial charge in [0.15, 0.2) is 5.17 Å². The lowest BCUT2D eigenvalue weighted by Gasteiger charge is -2.34. The van der Waals surface area contributed by atoms with E-state index in [1.54, 1.807) is 0 Å². The molecular formula is C24H24N4O2S. The minimum absolute atomic E-state index is 0.204. The van der Waals surface area contributed by atoms with Crippen molar-refractivity contribution in [3.8, 4) is 11.8 Å². The van der Waals surface area contributed by atoms with Crippen molar-refractivity contribution in [1.29, 1.82) is 5.26 Å². The molecule has 0 bridgehead atoms. The van der Waals surface area contributed by atoms with E-state index in [1.165, 1.54) is 11.8 Å². The van der Waals surface area contributed by atoms with Gasteiger partial charge in [-0.1, -0.05) is 48.5 Å². The zero-order valence-electron chi connectivity index (χ0n) is 17.2. The van der Waals surface area contributed by atoms with Crippen molar-refractivity contribution in [1.82, 2.24) is 9.80 Å². The van der Waals surface area contributed by atoms with Crippen molar-refractivity contribution < 1.29 is 9.53 Å². The predicted octanol–water partition coefficient (Wildman–Crippen LogP) is 3.77. The van der Waals surface area contributed by atoms with Crippen LogP contribution in [-0.2, 0) is 11.4 Å². The minimum Gasteiger partial charge on any atom is -0.488 e. The normalized spacial score (nSPS) is 18.2. The smallest absolute Gasteiger partial charge is 0.286 e. The Kier molecular flexibility index (Phi) is 7.03. The van der Waals surface area contributed by atoms with Gasteiger partial charge in [-0.2, -0.15) is 10.3 Å². The van der Waals surface area contributed by atoms with E-state index in [2.05, 4.69) is 20.9 Å². The molecule has 2 heterocycles. The van der Waals surface area contributed by atoms with Gasteiger partial charge in [0.1, 0.15) is 12.4 Å². The summed E-state index contributed by atoms with van der Waals surface area (Å²) >= 11 is 1.42. The van der Waals surface area contributed by atoms with Crippen LogP contribution < -0.4 is 4.74 Å². The number of carbonyl (C=O) groups excluding carboxylic acids is 1. The van der Waals surface area contributed by atoms with E-state index in [0.717, 1.165) is 54.8 Å². The number of hydrogen-bond donors (Lipinski definition) is 0. The van der Waals surface area contributed by atoms with Gasteiger partial charge in [-0.3, -0.25) is 9.69 Å². The second kappa shape index (κ2) is 10.3. The fourth-order valence-electron chi connectivity index (χ4n) is 3.51. The van der Waals surface area contributed by atoms with E-state index in [0.29, 0.717) is 17.9 Å². The van der Waals surface area contributed by atoms with Gasteiger partial charge in [0.25, 0.3) is 5.91 Å². The lowest BCUT2D eigenvalue weighted by Crippen LogP contribution is -2.47. The molecule has 0 radical (unpaired) electrons. The molecule has 1 saturated heterocycles. The highest BCUT2D eigenvalue weighted by atomic mass is 32.2. The van der Waals surface area contributed by atoms with Crippen LogP contribution in [0.4, 0.5) is 0 Å². The predicted molar refractivity (Wildman–Crippen MR) is 123 cm³/mol. The molecule has 4 rings (SSSR count). The fraction of sp³-hybridized carbons (Fsp3) is 0.292. The van der Waals surface area contributed by atoms with Crippen LogP contribution in [-0.4, -0.2) is 53.6 Å². The van der Waals surface area contributed by atoms with Gasteiger partial charge in [-0.05, 0) is 29.5 Å². The molecule has 31 heavy (non-hydrogen) atoms. The molecule has 0 N–H and O–H groups in total. The summed E-state index contributed by atoms with van der Waals surface area (Å²) in [4.78, 5) is 21.9. The minimum atomic E-state index is -0.204. The monoisotopic (exact) mass is 432 g/mol. The first kappa shape index (κ1) is 21.2. The standard InChI is InChI=1S/C24H24N4O2S/c25-11-6-12-27-13-15-28(16-14-27)24-26-23(29)22(31-24)17-20-9-4-5-10-21(20)30-18-19-7-2-1-3-8-19/h1-5,7-10,17H,6,12-16,18H2/b22-17-. The zero-order chi connectivity index (χ0) is 21.5. The SMILES string of the molecule is N#CCCN1CCN(C2=NC(=O)/C(=C/c3ccccc3OCc3ccccc3)S2)CC1. The zero-order valence-corrected chi connectivity index (χ0v) is 18.1. The number of thioether (sulfide) groups is 1. The van der Waals surface area contributed by atoms with E-state index >= 15 is 0 Å². The second-order valence-corrected chi connectivity index (χ2v) is 8.37. The van der Waals surface area contributed by atoms with Crippen LogP contribution >= 0.6 is 11.8 Å². The molecule has 0 aliphatic carbocycles. The second-order valence-electron chi connectivity index (χ2n) is 7.36. The number of ether oxygens (including phenoxy) is 1. The van der Waals surface area contributed by atoms with E-state index < -0.39 is 0 Å². The van der Waals surface area contributed by atoms with Gasteiger partial charge in [0, 0.05) is 44.7 Å². The number of amidine groups is 1. The third-order valence-electron chi connectivity index (χ3n) is 5.23. The molecule has 0 unspecified atom stereocenters. The number of piperazine rings is 1. The van der Waals surface area contributed by atoms with E-state index in [9.17, 15) is 4.79 Å². The molecule has 2 aliphatic rings. The third-order valence-corrected chi connectivity index (χ3v) is 6.28. The number of para-hydroxylation sites is 1. The summed E-state index contributed by atoms with van der Waals surface area (Å²) in [6.45, 7) is 4.66. The number of carbonyl (C=O) groups is 1. The van der Waals surface area contributed by atoms with E-state index in [-0.39, 0.29) is 5.91 Å². The Labute approximate surface area is 186 Å². The molecule has 1 amide bonds. The van der Waals surface area contributed by atoms with Gasteiger partial charge < -0.3 is 9.64 Å². The molecular weight excluding hydrogens is 408 g/mol. The van der Waals surface area contributed by atoms with Crippen molar-refractivity contribution >= 4 is 28.9 Å². The number of hydrogen-bond acceptors (Lipinski definition) is 6. The molecule has 0 saturated carbocycles. The van der Waals surface area contributed by atoms with Crippen molar-refractivity contribution in [3.63, 3.8) is 0 Å². The highest BCUT2D eigenvalue weighted by molar-refractivity contribution is 8.18. The molecule has 7 heteroatoms. The Bertz CT molecular complexity index is 1020. The number of benzene rings is 2. The molecule has 158 valence electrons. The van der Waals surface area contributed by atoms with Crippen molar-refractivity contribution in [2.24, 2.45) is 4.99 Å². The number of aliphatic imine (C=N–C) groups is 1. The van der Waals surface area contributed by atoms with Gasteiger partial charge in [-0.15, -0.1) is 0 Å². The number of nitrogens with zero attached hydrogens (tertiary/aromatic N) is 4. The van der Waals surface area contributed by atoms with Crippen LogP contribution in [0.2, 0.25) is 0 Å². The van der Waals surface area contributed by atoms with Crippen LogP contribution in [0.3, 0.4) is 0 Å². The first-order valence-electron chi connectivity index (χ1n) is 10.4. The summed E-state index contributed by atoms with van der Waals surface area (Å²) in [6, 6.07) is 19.9. The Morgan fingerprint density at radius 1 is 1.06 bits per heavy atom. The molecule has 6 nitrogen and oxygen atoms in total. The number of nitriles is 1. The van der Waals surface area contributed by atoms with Crippen LogP contribution in [0.15, 0.2) is 64.5 Å². The van der Waals surface area contributed by atoms with Gasteiger partial charge in [0.2, 0.25) is 0 Å². The summed E-state index contributed by atoms with van der Waals surface area (Å²) in [5.74, 6) is 0.539. The topological polar surface area (TPSA) is 68.9 Å². The number of amides is 1. The average Bonchev–Trinajstić information content (AvgIpc) is 3.18. The van der Waals surface area contributed by atoms with Gasteiger partial charge in [-0.25, -0.2) is 0 Å². The summed E-state index contributed by atoms with van der Waals surface area (Å²) in [5.41, 5.74) is 1.96. The van der Waals surface area contributed by atoms with Crippen LogP contribution in [0.5, 0.6) is 5.75 Å². The maximum absolute atomic E-state index is 12.5. The van der Waals surface area contributed by atoms with Gasteiger partial charge >= 0.3 is 0 Å². The van der Waals surface area contributed by atoms with Crippen LogP contribution in [0.25, 0.3) is 6.08 Å². The fourth-order valence-corrected chi connectivity index (χ4v) is 4.47. The first-order valence-corrected chi connectivity index (χ1v) is 11.2. The van der Waals surface area contributed by atoms with Crippen molar-refractivity contribution in [2.45, 2.75) is 13.0 Å². The van der Waals surface area contributed by atoms with Crippen molar-refractivity contribution in [2.75, 3.05) is 32.7 Å². The van der Waals surface area contributed by atoms with Gasteiger partial charge in [0.05, 0.1) is 11.0 Å². The average molecular weight is 433 g/mol. The quantitative estimate of drug-likeness (QED) is 0.648. The maximum Gasteiger partial charge on any atom is 0.286 e. The van der Waals surface area contributed by atoms with E-state index in [4.69, 9.17) is 10.00 Å². The summed E-state index contributed by atoms with van der Waals surface area (Å²) < 4.78 is 6.01. The van der Waals surface area contributed by atoms with E-state index in [1.807, 2.05) is 60.7 Å². The Morgan fingerprint density at radius 2 is 1.81 bits per heavy atom.